The molecule has 3 N–H and O–H groups in total. The Kier molecular flexibility index (Phi) is 5.92. The molecule has 6 nitrogen and oxygen atoms in total. The molecule has 140 valence electrons. The number of benzene rings is 1. The van der Waals surface area contributed by atoms with Gasteiger partial charge < -0.3 is 15.8 Å². The van der Waals surface area contributed by atoms with Gasteiger partial charge in [-0.15, -0.1) is 0 Å². The van der Waals surface area contributed by atoms with Crippen LogP contribution in [0, 0.1) is 11.3 Å². The van der Waals surface area contributed by atoms with Crippen LogP contribution in [0.15, 0.2) is 47.8 Å². The Morgan fingerprint density at radius 1 is 1.33 bits per heavy atom. The Morgan fingerprint density at radius 3 is 2.44 bits per heavy atom. The molecule has 0 bridgehead atoms. The van der Waals surface area contributed by atoms with Gasteiger partial charge in [0.05, 0.1) is 5.56 Å². The number of nitrogens with two attached hydrogens (primary N) is 1. The van der Waals surface area contributed by atoms with Gasteiger partial charge in [-0.2, -0.15) is 18.4 Å². The number of hydrogen-bond donors (Lipinski definition) is 2. The van der Waals surface area contributed by atoms with Crippen LogP contribution in [0.25, 0.3) is 0 Å². The molecule has 1 heterocycles. The monoisotopic (exact) mass is 396 g/mol. The van der Waals surface area contributed by atoms with Crippen molar-refractivity contribution in [2.24, 2.45) is 5.73 Å². The smallest absolute Gasteiger partial charge is 0.417 e. The van der Waals surface area contributed by atoms with Crippen molar-refractivity contribution in [3.63, 3.8) is 0 Å². The minimum Gasteiger partial charge on any atom is -0.438 e. The van der Waals surface area contributed by atoms with E-state index in [2.05, 4.69) is 10.3 Å². The Bertz CT molecular complexity index is 935. The van der Waals surface area contributed by atoms with E-state index in [-0.39, 0.29) is 27.9 Å². The van der Waals surface area contributed by atoms with Crippen molar-refractivity contribution in [1.82, 2.24) is 4.98 Å². The fraction of sp³-hybridized carbons (Fsp3) is 0.118. The third-order valence-corrected chi connectivity index (χ3v) is 3.54. The van der Waals surface area contributed by atoms with E-state index >= 15 is 0 Å². The number of halogens is 4. The van der Waals surface area contributed by atoms with Gasteiger partial charge in [0.1, 0.15) is 22.4 Å². The maximum atomic E-state index is 12.6. The molecule has 10 heteroatoms. The van der Waals surface area contributed by atoms with Crippen LogP contribution < -0.4 is 15.8 Å². The molecule has 0 saturated carbocycles. The number of rotatable bonds is 5. The topological polar surface area (TPSA) is 101 Å². The minimum absolute atomic E-state index is 0.179. The Balaban J connectivity index is 2.15. The number of carbonyl (C=O) groups excluding carboxylic acids is 1. The van der Waals surface area contributed by atoms with Crippen LogP contribution in [0.2, 0.25) is 5.02 Å². The van der Waals surface area contributed by atoms with Crippen molar-refractivity contribution in [1.29, 1.82) is 5.26 Å². The number of nitrogens with zero attached hydrogens (tertiary/aromatic N) is 2. The number of alkyl halides is 3. The molecule has 0 saturated heterocycles. The zero-order valence-corrected chi connectivity index (χ0v) is 14.5. The SMILES string of the molecule is CC(Nc1ccc(Oc2ncc(C(F)(F)F)cc2Cl)cc1)=C(C#N)C(N)=O. The number of anilines is 1. The van der Waals surface area contributed by atoms with Gasteiger partial charge >= 0.3 is 6.18 Å². The van der Waals surface area contributed by atoms with E-state index in [9.17, 15) is 18.0 Å². The summed E-state index contributed by atoms with van der Waals surface area (Å²) in [6.45, 7) is 1.51. The Labute approximate surface area is 157 Å². The van der Waals surface area contributed by atoms with Gasteiger partial charge in [0, 0.05) is 17.6 Å². The van der Waals surface area contributed by atoms with Crippen LogP contribution >= 0.6 is 11.6 Å². The quantitative estimate of drug-likeness (QED) is 0.581. The average molecular weight is 397 g/mol. The second-order valence-corrected chi connectivity index (χ2v) is 5.64. The maximum Gasteiger partial charge on any atom is 0.417 e. The van der Waals surface area contributed by atoms with Gasteiger partial charge in [-0.05, 0) is 37.3 Å². The fourth-order valence-corrected chi connectivity index (χ4v) is 2.18. The number of hydrogen-bond acceptors (Lipinski definition) is 5. The van der Waals surface area contributed by atoms with E-state index in [1.807, 2.05) is 0 Å². The van der Waals surface area contributed by atoms with Gasteiger partial charge in [0.25, 0.3) is 5.91 Å². The number of carbonyl (C=O) groups is 1. The first-order chi connectivity index (χ1) is 12.6. The third-order valence-electron chi connectivity index (χ3n) is 3.27. The molecule has 0 spiro atoms. The zero-order chi connectivity index (χ0) is 20.2. The highest BCUT2D eigenvalue weighted by atomic mass is 35.5. The molecule has 0 aliphatic heterocycles. The van der Waals surface area contributed by atoms with Crippen molar-refractivity contribution in [2.75, 3.05) is 5.32 Å². The average Bonchev–Trinajstić information content (AvgIpc) is 2.57. The summed E-state index contributed by atoms with van der Waals surface area (Å²) in [6, 6.07) is 8.55. The molecule has 0 unspecified atom stereocenters. The first kappa shape index (κ1) is 20.1. The van der Waals surface area contributed by atoms with E-state index < -0.39 is 17.6 Å². The molecule has 1 amide bonds. The predicted octanol–water partition coefficient (Wildman–Crippen LogP) is 4.24. The normalized spacial score (nSPS) is 12.0. The van der Waals surface area contributed by atoms with E-state index in [0.717, 1.165) is 6.07 Å². The summed E-state index contributed by atoms with van der Waals surface area (Å²) in [7, 11) is 0. The molecule has 0 fully saturated rings. The lowest BCUT2D eigenvalue weighted by Crippen LogP contribution is -2.16. The molecule has 0 aliphatic rings. The highest BCUT2D eigenvalue weighted by Crippen LogP contribution is 2.34. The predicted molar refractivity (Wildman–Crippen MR) is 91.9 cm³/mol. The van der Waals surface area contributed by atoms with E-state index in [0.29, 0.717) is 11.9 Å². The van der Waals surface area contributed by atoms with E-state index in [4.69, 9.17) is 27.3 Å². The minimum atomic E-state index is -4.55. The standard InChI is InChI=1S/C17H12ClF3N4O2/c1-9(13(7-22)15(23)26)25-11-2-4-12(5-3-11)27-16-14(18)6-10(8-24-16)17(19,20)21/h2-6,8,25H,1H3,(H2,23,26). The van der Waals surface area contributed by atoms with Crippen LogP contribution in [-0.2, 0) is 11.0 Å². The number of aromatic nitrogens is 1. The molecule has 0 atom stereocenters. The number of primary amides is 1. The summed E-state index contributed by atoms with van der Waals surface area (Å²) >= 11 is 5.79. The summed E-state index contributed by atoms with van der Waals surface area (Å²) in [5, 5.41) is 11.4. The van der Waals surface area contributed by atoms with Crippen molar-refractivity contribution >= 4 is 23.2 Å². The Morgan fingerprint density at radius 2 is 1.96 bits per heavy atom. The number of pyridine rings is 1. The summed E-state index contributed by atoms with van der Waals surface area (Å²) in [5.41, 5.74) is 4.70. The van der Waals surface area contributed by atoms with E-state index in [1.54, 1.807) is 18.2 Å². The summed E-state index contributed by atoms with van der Waals surface area (Å²) < 4.78 is 43.2. The van der Waals surface area contributed by atoms with Gasteiger partial charge in [-0.3, -0.25) is 4.79 Å². The van der Waals surface area contributed by atoms with Gasteiger partial charge in [-0.1, -0.05) is 11.6 Å². The lowest BCUT2D eigenvalue weighted by Gasteiger charge is -2.11. The largest absolute Gasteiger partial charge is 0.438 e. The van der Waals surface area contributed by atoms with Gasteiger partial charge in [-0.25, -0.2) is 4.98 Å². The van der Waals surface area contributed by atoms with Crippen molar-refractivity contribution in [3.8, 4) is 17.7 Å². The third kappa shape index (κ3) is 5.12. The fourth-order valence-electron chi connectivity index (χ4n) is 1.98. The first-order valence-corrected chi connectivity index (χ1v) is 7.68. The lowest BCUT2D eigenvalue weighted by atomic mass is 10.2. The molecular formula is C17H12ClF3N4O2. The number of ether oxygens (including phenoxy) is 1. The summed E-state index contributed by atoms with van der Waals surface area (Å²) in [4.78, 5) is 14.7. The Hall–Kier alpha value is -3.25. The highest BCUT2D eigenvalue weighted by molar-refractivity contribution is 6.31. The number of nitriles is 1. The van der Waals surface area contributed by atoms with E-state index in [1.165, 1.54) is 19.1 Å². The summed E-state index contributed by atoms with van der Waals surface area (Å²) in [5.74, 6) is -0.765. The molecule has 27 heavy (non-hydrogen) atoms. The molecule has 0 aliphatic carbocycles. The lowest BCUT2D eigenvalue weighted by molar-refractivity contribution is -0.137. The second-order valence-electron chi connectivity index (χ2n) is 5.24. The molecule has 2 rings (SSSR count). The van der Waals surface area contributed by atoms with Crippen molar-refractivity contribution in [3.05, 3.63) is 58.4 Å². The number of nitrogens with one attached hydrogen (secondary N) is 1. The van der Waals surface area contributed by atoms with Gasteiger partial charge in [0.15, 0.2) is 0 Å². The second kappa shape index (κ2) is 7.97. The number of amides is 1. The van der Waals surface area contributed by atoms with Crippen molar-refractivity contribution in [2.45, 2.75) is 13.1 Å². The van der Waals surface area contributed by atoms with Crippen LogP contribution in [0.3, 0.4) is 0 Å². The molecule has 2 aromatic rings. The van der Waals surface area contributed by atoms with Crippen LogP contribution in [0.5, 0.6) is 11.6 Å². The molecule has 1 aromatic heterocycles. The molecule has 0 radical (unpaired) electrons. The molecular weight excluding hydrogens is 385 g/mol. The van der Waals surface area contributed by atoms with Crippen LogP contribution in [0.4, 0.5) is 18.9 Å². The number of allylic oxidation sites excluding steroid dienone is 1. The zero-order valence-electron chi connectivity index (χ0n) is 13.8. The first-order valence-electron chi connectivity index (χ1n) is 7.30. The maximum absolute atomic E-state index is 12.6. The highest BCUT2D eigenvalue weighted by Gasteiger charge is 2.31. The summed E-state index contributed by atoms with van der Waals surface area (Å²) in [6.07, 6.45) is -3.93. The molecule has 1 aromatic carbocycles. The van der Waals surface area contributed by atoms with Crippen LogP contribution in [-0.4, -0.2) is 10.9 Å². The van der Waals surface area contributed by atoms with Crippen molar-refractivity contribution < 1.29 is 22.7 Å². The van der Waals surface area contributed by atoms with Gasteiger partial charge in [0.2, 0.25) is 5.88 Å². The van der Waals surface area contributed by atoms with Crippen LogP contribution in [0.1, 0.15) is 12.5 Å².